The SMILES string of the molecule is Cc1c([N+](=O)[O-])cc(C(=O)Nc2ccccc2C(C)C)cc1[N+](=O)[O-]. The van der Waals surface area contributed by atoms with Crippen LogP contribution in [0, 0.1) is 27.2 Å². The summed E-state index contributed by atoms with van der Waals surface area (Å²) in [6.07, 6.45) is 0. The van der Waals surface area contributed by atoms with E-state index < -0.39 is 27.1 Å². The van der Waals surface area contributed by atoms with Gasteiger partial charge in [-0.15, -0.1) is 0 Å². The maximum Gasteiger partial charge on any atom is 0.279 e. The topological polar surface area (TPSA) is 115 Å². The van der Waals surface area contributed by atoms with Crippen LogP contribution in [-0.2, 0) is 0 Å². The largest absolute Gasteiger partial charge is 0.322 e. The minimum Gasteiger partial charge on any atom is -0.322 e. The number of nitro groups is 2. The molecule has 25 heavy (non-hydrogen) atoms. The predicted molar refractivity (Wildman–Crippen MR) is 93.0 cm³/mol. The highest BCUT2D eigenvalue weighted by Gasteiger charge is 2.25. The maximum atomic E-state index is 12.5. The number of amides is 1. The molecule has 0 saturated heterocycles. The summed E-state index contributed by atoms with van der Waals surface area (Å²) < 4.78 is 0. The van der Waals surface area contributed by atoms with Crippen molar-refractivity contribution in [1.29, 1.82) is 0 Å². The van der Waals surface area contributed by atoms with Crippen molar-refractivity contribution in [3.63, 3.8) is 0 Å². The molecule has 2 rings (SSSR count). The van der Waals surface area contributed by atoms with E-state index in [1.54, 1.807) is 12.1 Å². The molecule has 0 spiro atoms. The fourth-order valence-electron chi connectivity index (χ4n) is 2.50. The first kappa shape index (κ1) is 18.1. The molecule has 0 aromatic heterocycles. The Labute approximate surface area is 143 Å². The molecule has 2 aromatic carbocycles. The molecule has 8 nitrogen and oxygen atoms in total. The Kier molecular flexibility index (Phi) is 5.11. The first-order valence-electron chi connectivity index (χ1n) is 7.56. The maximum absolute atomic E-state index is 12.5. The van der Waals surface area contributed by atoms with Crippen LogP contribution in [0.5, 0.6) is 0 Å². The lowest BCUT2D eigenvalue weighted by atomic mass is 10.0. The van der Waals surface area contributed by atoms with Crippen molar-refractivity contribution in [3.05, 3.63) is 73.3 Å². The molecular weight excluding hydrogens is 326 g/mol. The average Bonchev–Trinajstić information content (AvgIpc) is 2.54. The molecule has 0 aliphatic heterocycles. The molecule has 1 amide bonds. The monoisotopic (exact) mass is 343 g/mol. The zero-order chi connectivity index (χ0) is 18.7. The molecule has 0 heterocycles. The number of carbonyl (C=O) groups is 1. The fourth-order valence-corrected chi connectivity index (χ4v) is 2.50. The van der Waals surface area contributed by atoms with Gasteiger partial charge in [0.15, 0.2) is 0 Å². The summed E-state index contributed by atoms with van der Waals surface area (Å²) in [4.78, 5) is 33.3. The first-order valence-corrected chi connectivity index (χ1v) is 7.56. The first-order chi connectivity index (χ1) is 11.7. The van der Waals surface area contributed by atoms with Gasteiger partial charge in [0.05, 0.1) is 15.4 Å². The normalized spacial score (nSPS) is 10.6. The summed E-state index contributed by atoms with van der Waals surface area (Å²) >= 11 is 0. The Morgan fingerprint density at radius 2 is 1.56 bits per heavy atom. The Bertz CT molecular complexity index is 826. The van der Waals surface area contributed by atoms with Crippen LogP contribution < -0.4 is 5.32 Å². The predicted octanol–water partition coefficient (Wildman–Crippen LogP) is 4.19. The van der Waals surface area contributed by atoms with Crippen LogP contribution in [0.1, 0.15) is 41.3 Å². The molecule has 0 fully saturated rings. The van der Waals surface area contributed by atoms with Gasteiger partial charge < -0.3 is 5.32 Å². The molecule has 0 bridgehead atoms. The van der Waals surface area contributed by atoms with E-state index in [1.807, 2.05) is 26.0 Å². The molecule has 0 atom stereocenters. The third-order valence-electron chi connectivity index (χ3n) is 3.84. The number of nitrogens with one attached hydrogen (secondary N) is 1. The van der Waals surface area contributed by atoms with Gasteiger partial charge >= 0.3 is 0 Å². The van der Waals surface area contributed by atoms with E-state index in [2.05, 4.69) is 5.32 Å². The summed E-state index contributed by atoms with van der Waals surface area (Å²) in [6.45, 7) is 5.21. The molecule has 0 aliphatic carbocycles. The standard InChI is InChI=1S/C17H17N3O5/c1-10(2)13-6-4-5-7-14(13)18-17(21)12-8-15(19(22)23)11(3)16(9-12)20(24)25/h4-10H,1-3H3,(H,18,21). The quantitative estimate of drug-likeness (QED) is 0.645. The molecule has 1 N–H and O–H groups in total. The van der Waals surface area contributed by atoms with E-state index >= 15 is 0 Å². The van der Waals surface area contributed by atoms with Gasteiger partial charge in [0.1, 0.15) is 5.56 Å². The molecule has 130 valence electrons. The van der Waals surface area contributed by atoms with E-state index in [-0.39, 0.29) is 17.0 Å². The van der Waals surface area contributed by atoms with Gasteiger partial charge in [0.2, 0.25) is 0 Å². The fraction of sp³-hybridized carbons (Fsp3) is 0.235. The van der Waals surface area contributed by atoms with Gasteiger partial charge in [-0.25, -0.2) is 0 Å². The molecular formula is C17H17N3O5. The molecule has 2 aromatic rings. The summed E-state index contributed by atoms with van der Waals surface area (Å²) in [5.41, 5.74) is 0.310. The van der Waals surface area contributed by atoms with Crippen LogP contribution in [0.2, 0.25) is 0 Å². The highest BCUT2D eigenvalue weighted by Crippen LogP contribution is 2.30. The van der Waals surface area contributed by atoms with Crippen LogP contribution >= 0.6 is 0 Å². The van der Waals surface area contributed by atoms with Crippen LogP contribution in [-0.4, -0.2) is 15.8 Å². The zero-order valence-corrected chi connectivity index (χ0v) is 14.0. The van der Waals surface area contributed by atoms with Crippen LogP contribution in [0.3, 0.4) is 0 Å². The molecule has 8 heteroatoms. The summed E-state index contributed by atoms with van der Waals surface area (Å²) in [5.74, 6) is -0.488. The van der Waals surface area contributed by atoms with Crippen molar-refractivity contribution in [2.24, 2.45) is 0 Å². The lowest BCUT2D eigenvalue weighted by Crippen LogP contribution is -2.14. The number of rotatable bonds is 5. The Hall–Kier alpha value is -3.29. The van der Waals surface area contributed by atoms with E-state index in [4.69, 9.17) is 0 Å². The van der Waals surface area contributed by atoms with Crippen molar-refractivity contribution in [2.45, 2.75) is 26.7 Å². The van der Waals surface area contributed by atoms with E-state index in [0.717, 1.165) is 17.7 Å². The van der Waals surface area contributed by atoms with E-state index in [1.165, 1.54) is 6.92 Å². The second-order valence-corrected chi connectivity index (χ2v) is 5.85. The Balaban J connectivity index is 2.47. The molecule has 0 unspecified atom stereocenters. The van der Waals surface area contributed by atoms with Gasteiger partial charge in [-0.05, 0) is 24.5 Å². The third-order valence-corrected chi connectivity index (χ3v) is 3.84. The van der Waals surface area contributed by atoms with Gasteiger partial charge in [-0.1, -0.05) is 32.0 Å². The molecule has 0 aliphatic rings. The van der Waals surface area contributed by atoms with Gasteiger partial charge in [-0.2, -0.15) is 0 Å². The minimum atomic E-state index is -0.735. The van der Waals surface area contributed by atoms with Crippen molar-refractivity contribution >= 4 is 23.0 Å². The number of hydrogen-bond donors (Lipinski definition) is 1. The van der Waals surface area contributed by atoms with Crippen molar-refractivity contribution in [2.75, 3.05) is 5.32 Å². The minimum absolute atomic E-state index is 0.0888. The van der Waals surface area contributed by atoms with Crippen LogP contribution in [0.15, 0.2) is 36.4 Å². The van der Waals surface area contributed by atoms with Crippen LogP contribution in [0.25, 0.3) is 0 Å². The zero-order valence-electron chi connectivity index (χ0n) is 14.0. The number of anilines is 1. The smallest absolute Gasteiger partial charge is 0.279 e. The highest BCUT2D eigenvalue weighted by molar-refractivity contribution is 6.05. The Morgan fingerprint density at radius 1 is 1.04 bits per heavy atom. The summed E-state index contributed by atoms with van der Waals surface area (Å²) in [6, 6.07) is 9.27. The van der Waals surface area contributed by atoms with Crippen molar-refractivity contribution in [3.8, 4) is 0 Å². The number of hydrogen-bond acceptors (Lipinski definition) is 5. The molecule has 0 radical (unpaired) electrons. The van der Waals surface area contributed by atoms with Gasteiger partial charge in [0, 0.05) is 17.8 Å². The van der Waals surface area contributed by atoms with Crippen molar-refractivity contribution in [1.82, 2.24) is 0 Å². The number of para-hydroxylation sites is 1. The summed E-state index contributed by atoms with van der Waals surface area (Å²) in [7, 11) is 0. The van der Waals surface area contributed by atoms with E-state index in [9.17, 15) is 25.0 Å². The second kappa shape index (κ2) is 7.08. The number of nitro benzene ring substituents is 2. The lowest BCUT2D eigenvalue weighted by molar-refractivity contribution is -0.395. The van der Waals surface area contributed by atoms with Gasteiger partial charge in [0.25, 0.3) is 17.3 Å². The molecule has 0 saturated carbocycles. The lowest BCUT2D eigenvalue weighted by Gasteiger charge is -2.13. The highest BCUT2D eigenvalue weighted by atomic mass is 16.6. The Morgan fingerprint density at radius 3 is 2.04 bits per heavy atom. The van der Waals surface area contributed by atoms with E-state index in [0.29, 0.717) is 5.69 Å². The van der Waals surface area contributed by atoms with Gasteiger partial charge in [-0.3, -0.25) is 25.0 Å². The number of benzene rings is 2. The van der Waals surface area contributed by atoms with Crippen molar-refractivity contribution < 1.29 is 14.6 Å². The average molecular weight is 343 g/mol. The summed E-state index contributed by atoms with van der Waals surface area (Å²) in [5, 5.41) is 24.9. The second-order valence-electron chi connectivity index (χ2n) is 5.85. The number of carbonyl (C=O) groups excluding carboxylic acids is 1. The number of nitrogens with zero attached hydrogens (tertiary/aromatic N) is 2. The van der Waals surface area contributed by atoms with Crippen LogP contribution in [0.4, 0.5) is 17.1 Å². The third kappa shape index (κ3) is 3.79.